The highest BCUT2D eigenvalue weighted by Gasteiger charge is 2.17. The first-order chi connectivity index (χ1) is 10.7. The number of amides is 1. The van der Waals surface area contributed by atoms with Gasteiger partial charge in [0.2, 0.25) is 5.91 Å². The molecule has 1 amide bonds. The zero-order valence-corrected chi connectivity index (χ0v) is 14.5. The molecule has 0 bridgehead atoms. The van der Waals surface area contributed by atoms with Crippen molar-refractivity contribution in [1.82, 2.24) is 0 Å². The molecule has 23 heavy (non-hydrogen) atoms. The number of rotatable bonds is 4. The van der Waals surface area contributed by atoms with Crippen molar-refractivity contribution in [2.45, 2.75) is 25.7 Å². The maximum atomic E-state index is 12.5. The van der Waals surface area contributed by atoms with Gasteiger partial charge in [-0.25, -0.2) is 8.42 Å². The fourth-order valence-electron chi connectivity index (χ4n) is 2.05. The standard InChI is InChI=1S/C16H17ClN2O3S/c1-10-9-13(7-8-15(10)18-12(3)20)23(21,22)19-16-6-4-5-14(17)11(16)2/h4-9,19H,1-3H3,(H,18,20). The number of carbonyl (C=O) groups is 1. The lowest BCUT2D eigenvalue weighted by Gasteiger charge is -2.13. The second-order valence-corrected chi connectivity index (χ2v) is 7.27. The molecular weight excluding hydrogens is 336 g/mol. The van der Waals surface area contributed by atoms with Gasteiger partial charge in [0.15, 0.2) is 0 Å². The van der Waals surface area contributed by atoms with Crippen molar-refractivity contribution in [2.24, 2.45) is 0 Å². The molecule has 0 saturated heterocycles. The molecule has 5 nitrogen and oxygen atoms in total. The Morgan fingerprint density at radius 2 is 1.78 bits per heavy atom. The number of sulfonamides is 1. The van der Waals surface area contributed by atoms with E-state index < -0.39 is 10.0 Å². The summed E-state index contributed by atoms with van der Waals surface area (Å²) in [7, 11) is -3.74. The van der Waals surface area contributed by atoms with E-state index in [4.69, 9.17) is 11.6 Å². The number of anilines is 2. The van der Waals surface area contributed by atoms with E-state index >= 15 is 0 Å². The molecule has 7 heteroatoms. The average Bonchev–Trinajstić information content (AvgIpc) is 2.45. The normalized spacial score (nSPS) is 11.1. The van der Waals surface area contributed by atoms with Crippen LogP contribution in [0.3, 0.4) is 0 Å². The number of carbonyl (C=O) groups excluding carboxylic acids is 1. The van der Waals surface area contributed by atoms with Crippen molar-refractivity contribution in [3.05, 3.63) is 52.5 Å². The molecule has 0 fully saturated rings. The summed E-state index contributed by atoms with van der Waals surface area (Å²) in [5.74, 6) is -0.212. The van der Waals surface area contributed by atoms with Crippen LogP contribution in [0.15, 0.2) is 41.3 Å². The number of nitrogens with one attached hydrogen (secondary N) is 2. The quantitative estimate of drug-likeness (QED) is 0.880. The van der Waals surface area contributed by atoms with Crippen LogP contribution in [0.2, 0.25) is 5.02 Å². The Morgan fingerprint density at radius 3 is 2.39 bits per heavy atom. The van der Waals surface area contributed by atoms with Gasteiger partial charge in [0.1, 0.15) is 0 Å². The predicted octanol–water partition coefficient (Wildman–Crippen LogP) is 3.72. The lowest BCUT2D eigenvalue weighted by Crippen LogP contribution is -2.14. The molecular formula is C16H17ClN2O3S. The highest BCUT2D eigenvalue weighted by Crippen LogP contribution is 2.26. The van der Waals surface area contributed by atoms with E-state index in [1.807, 2.05) is 0 Å². The van der Waals surface area contributed by atoms with Gasteiger partial charge in [0.05, 0.1) is 10.6 Å². The molecule has 0 radical (unpaired) electrons. The van der Waals surface area contributed by atoms with Crippen molar-refractivity contribution in [3.63, 3.8) is 0 Å². The summed E-state index contributed by atoms with van der Waals surface area (Å²) in [5.41, 5.74) is 2.33. The highest BCUT2D eigenvalue weighted by atomic mass is 35.5. The van der Waals surface area contributed by atoms with Crippen LogP contribution >= 0.6 is 11.6 Å². The largest absolute Gasteiger partial charge is 0.326 e. The van der Waals surface area contributed by atoms with Crippen LogP contribution in [0.1, 0.15) is 18.1 Å². The van der Waals surface area contributed by atoms with Gasteiger partial charge in [0.25, 0.3) is 10.0 Å². The Hall–Kier alpha value is -2.05. The van der Waals surface area contributed by atoms with E-state index in [0.717, 1.165) is 0 Å². The molecule has 122 valence electrons. The molecule has 2 rings (SSSR count). The molecule has 2 N–H and O–H groups in total. The van der Waals surface area contributed by atoms with Crippen molar-refractivity contribution >= 4 is 38.9 Å². The van der Waals surface area contributed by atoms with Crippen LogP contribution in [0.25, 0.3) is 0 Å². The first-order valence-corrected chi connectivity index (χ1v) is 8.73. The number of benzene rings is 2. The number of hydrogen-bond donors (Lipinski definition) is 2. The maximum absolute atomic E-state index is 12.5. The summed E-state index contributed by atoms with van der Waals surface area (Å²) in [5, 5.41) is 3.13. The van der Waals surface area contributed by atoms with Crippen LogP contribution in [0, 0.1) is 13.8 Å². The van der Waals surface area contributed by atoms with Crippen LogP contribution in [-0.4, -0.2) is 14.3 Å². The van der Waals surface area contributed by atoms with E-state index in [9.17, 15) is 13.2 Å². The Labute approximate surface area is 140 Å². The van der Waals surface area contributed by atoms with Gasteiger partial charge in [-0.1, -0.05) is 17.7 Å². The molecule has 0 aliphatic carbocycles. The SMILES string of the molecule is CC(=O)Nc1ccc(S(=O)(=O)Nc2cccc(Cl)c2C)cc1C. The lowest BCUT2D eigenvalue weighted by molar-refractivity contribution is -0.114. The van der Waals surface area contributed by atoms with Crippen molar-refractivity contribution in [3.8, 4) is 0 Å². The van der Waals surface area contributed by atoms with Gasteiger partial charge < -0.3 is 5.32 Å². The first kappa shape index (κ1) is 17.3. The van der Waals surface area contributed by atoms with E-state index in [1.54, 1.807) is 38.1 Å². The summed E-state index contributed by atoms with van der Waals surface area (Å²) >= 11 is 6.01. The van der Waals surface area contributed by atoms with Gasteiger partial charge in [0, 0.05) is 17.6 Å². The molecule has 0 atom stereocenters. The summed E-state index contributed by atoms with van der Waals surface area (Å²) in [4.78, 5) is 11.2. The number of hydrogen-bond acceptors (Lipinski definition) is 3. The van der Waals surface area contributed by atoms with Crippen LogP contribution in [0.5, 0.6) is 0 Å². The molecule has 0 aromatic heterocycles. The Balaban J connectivity index is 2.35. The van der Waals surface area contributed by atoms with Gasteiger partial charge in [-0.2, -0.15) is 0 Å². The monoisotopic (exact) mass is 352 g/mol. The molecule has 0 unspecified atom stereocenters. The van der Waals surface area contributed by atoms with Gasteiger partial charge in [-0.15, -0.1) is 0 Å². The zero-order valence-electron chi connectivity index (χ0n) is 13.0. The van der Waals surface area contributed by atoms with Crippen LogP contribution < -0.4 is 10.0 Å². The lowest BCUT2D eigenvalue weighted by atomic mass is 10.2. The Bertz CT molecular complexity index is 864. The van der Waals surface area contributed by atoms with Gasteiger partial charge in [-0.3, -0.25) is 9.52 Å². The summed E-state index contributed by atoms with van der Waals surface area (Å²) in [6.07, 6.45) is 0. The van der Waals surface area contributed by atoms with E-state index in [1.165, 1.54) is 19.1 Å². The predicted molar refractivity (Wildman–Crippen MR) is 92.5 cm³/mol. The molecule has 0 aliphatic rings. The third-order valence-corrected chi connectivity index (χ3v) is 5.10. The zero-order chi connectivity index (χ0) is 17.2. The highest BCUT2D eigenvalue weighted by molar-refractivity contribution is 7.92. The molecule has 2 aromatic carbocycles. The Kier molecular flexibility index (Phi) is 4.97. The fourth-order valence-corrected chi connectivity index (χ4v) is 3.44. The van der Waals surface area contributed by atoms with Gasteiger partial charge in [-0.05, 0) is 55.3 Å². The fraction of sp³-hybridized carbons (Fsp3) is 0.188. The number of halogens is 1. The third-order valence-electron chi connectivity index (χ3n) is 3.33. The van der Waals surface area contributed by atoms with Crippen molar-refractivity contribution in [2.75, 3.05) is 10.0 Å². The van der Waals surface area contributed by atoms with Gasteiger partial charge >= 0.3 is 0 Å². The minimum atomic E-state index is -3.74. The molecule has 0 spiro atoms. The second kappa shape index (κ2) is 6.60. The summed E-state index contributed by atoms with van der Waals surface area (Å²) in [6, 6.07) is 9.54. The van der Waals surface area contributed by atoms with E-state index in [-0.39, 0.29) is 10.8 Å². The van der Waals surface area contributed by atoms with E-state index in [0.29, 0.717) is 27.5 Å². The smallest absolute Gasteiger partial charge is 0.261 e. The molecule has 0 heterocycles. The second-order valence-electron chi connectivity index (χ2n) is 5.18. The van der Waals surface area contributed by atoms with Crippen molar-refractivity contribution in [1.29, 1.82) is 0 Å². The summed E-state index contributed by atoms with van der Waals surface area (Å²) in [6.45, 7) is 4.87. The molecule has 0 aliphatic heterocycles. The van der Waals surface area contributed by atoms with Crippen LogP contribution in [-0.2, 0) is 14.8 Å². The first-order valence-electron chi connectivity index (χ1n) is 6.87. The van der Waals surface area contributed by atoms with Crippen LogP contribution in [0.4, 0.5) is 11.4 Å². The summed E-state index contributed by atoms with van der Waals surface area (Å²) < 4.78 is 27.6. The maximum Gasteiger partial charge on any atom is 0.261 e. The third kappa shape index (κ3) is 4.03. The minimum Gasteiger partial charge on any atom is -0.326 e. The van der Waals surface area contributed by atoms with Crippen molar-refractivity contribution < 1.29 is 13.2 Å². The molecule has 2 aromatic rings. The minimum absolute atomic E-state index is 0.114. The Morgan fingerprint density at radius 1 is 1.09 bits per heavy atom. The number of aryl methyl sites for hydroxylation is 1. The molecule has 0 saturated carbocycles. The van der Waals surface area contributed by atoms with E-state index in [2.05, 4.69) is 10.0 Å². The average molecular weight is 353 g/mol. The topological polar surface area (TPSA) is 75.3 Å².